The Morgan fingerprint density at radius 2 is 2.53 bits per heavy atom. The van der Waals surface area contributed by atoms with Crippen LogP contribution in [0.15, 0.2) is 18.3 Å². The zero-order chi connectivity index (χ0) is 10.7. The molecule has 0 bridgehead atoms. The Hall–Kier alpha value is -1.13. The fraction of sp³-hybridized carbons (Fsp3) is 0.545. The highest BCUT2D eigenvalue weighted by molar-refractivity contribution is 5.42. The summed E-state index contributed by atoms with van der Waals surface area (Å²) in [5, 5.41) is 9.03. The van der Waals surface area contributed by atoms with E-state index >= 15 is 0 Å². The van der Waals surface area contributed by atoms with Crippen molar-refractivity contribution in [3.8, 4) is 0 Å². The molecule has 0 aromatic carbocycles. The van der Waals surface area contributed by atoms with E-state index in [1.54, 1.807) is 13.3 Å². The Labute approximate surface area is 89.5 Å². The molecule has 1 aromatic heterocycles. The van der Waals surface area contributed by atoms with Gasteiger partial charge in [0.2, 0.25) is 0 Å². The summed E-state index contributed by atoms with van der Waals surface area (Å²) in [7, 11) is 1.74. The lowest BCUT2D eigenvalue weighted by atomic mass is 10.3. The molecule has 1 aliphatic rings. The lowest BCUT2D eigenvalue weighted by molar-refractivity contribution is 0.121. The Morgan fingerprint density at radius 3 is 3.20 bits per heavy atom. The standard InChI is InChI=1S/C11H16N2O2/c1-15-10-3-5-13(7-10)11-6-9(8-14)2-4-12-11/h2,4,6,10,14H,3,5,7-8H2,1H3. The minimum atomic E-state index is 0.0665. The molecule has 2 heterocycles. The summed E-state index contributed by atoms with van der Waals surface area (Å²) in [6.45, 7) is 1.93. The predicted molar refractivity (Wildman–Crippen MR) is 57.8 cm³/mol. The van der Waals surface area contributed by atoms with Gasteiger partial charge in [-0.3, -0.25) is 0 Å². The van der Waals surface area contributed by atoms with Crippen molar-refractivity contribution in [1.29, 1.82) is 0 Å². The lowest BCUT2D eigenvalue weighted by Gasteiger charge is -2.17. The molecule has 15 heavy (non-hydrogen) atoms. The topological polar surface area (TPSA) is 45.6 Å². The van der Waals surface area contributed by atoms with Crippen LogP contribution in [0.4, 0.5) is 5.82 Å². The number of rotatable bonds is 3. The summed E-state index contributed by atoms with van der Waals surface area (Å²) < 4.78 is 5.30. The SMILES string of the molecule is COC1CCN(c2cc(CO)ccn2)C1. The van der Waals surface area contributed by atoms with Gasteiger partial charge in [-0.05, 0) is 24.1 Å². The number of hydrogen-bond acceptors (Lipinski definition) is 4. The summed E-state index contributed by atoms with van der Waals surface area (Å²) in [4.78, 5) is 6.49. The van der Waals surface area contributed by atoms with Crippen LogP contribution >= 0.6 is 0 Å². The molecule has 0 radical (unpaired) electrons. The smallest absolute Gasteiger partial charge is 0.128 e. The van der Waals surface area contributed by atoms with E-state index in [0.29, 0.717) is 6.10 Å². The summed E-state index contributed by atoms with van der Waals surface area (Å²) in [6, 6.07) is 3.76. The molecule has 4 heteroatoms. The number of aromatic nitrogens is 1. The van der Waals surface area contributed by atoms with Gasteiger partial charge in [0.25, 0.3) is 0 Å². The van der Waals surface area contributed by atoms with Crippen LogP contribution in [0.25, 0.3) is 0 Å². The molecule has 1 N–H and O–H groups in total. The minimum absolute atomic E-state index is 0.0665. The van der Waals surface area contributed by atoms with Crippen LogP contribution in [0.1, 0.15) is 12.0 Å². The summed E-state index contributed by atoms with van der Waals surface area (Å²) in [6.07, 6.45) is 3.09. The van der Waals surface area contributed by atoms with Crippen molar-refractivity contribution < 1.29 is 9.84 Å². The maximum absolute atomic E-state index is 9.03. The van der Waals surface area contributed by atoms with Crippen molar-refractivity contribution in [2.24, 2.45) is 0 Å². The number of anilines is 1. The van der Waals surface area contributed by atoms with Crippen LogP contribution in [0, 0.1) is 0 Å². The molecule has 0 amide bonds. The van der Waals surface area contributed by atoms with Crippen LogP contribution in [-0.4, -0.2) is 36.4 Å². The largest absolute Gasteiger partial charge is 0.392 e. The van der Waals surface area contributed by atoms with E-state index in [9.17, 15) is 0 Å². The molecule has 2 rings (SSSR count). The number of methoxy groups -OCH3 is 1. The van der Waals surface area contributed by atoms with Gasteiger partial charge in [-0.2, -0.15) is 0 Å². The molecule has 1 fully saturated rings. The Kier molecular flexibility index (Phi) is 3.18. The molecular formula is C11H16N2O2. The highest BCUT2D eigenvalue weighted by atomic mass is 16.5. The van der Waals surface area contributed by atoms with Crippen LogP contribution in [0.2, 0.25) is 0 Å². The van der Waals surface area contributed by atoms with E-state index in [4.69, 9.17) is 9.84 Å². The van der Waals surface area contributed by atoms with Crippen molar-refractivity contribution in [1.82, 2.24) is 4.98 Å². The predicted octanol–water partition coefficient (Wildman–Crippen LogP) is 0.799. The van der Waals surface area contributed by atoms with Gasteiger partial charge in [-0.25, -0.2) is 4.98 Å². The van der Waals surface area contributed by atoms with Crippen LogP contribution in [-0.2, 0) is 11.3 Å². The quantitative estimate of drug-likeness (QED) is 0.798. The first kappa shape index (κ1) is 10.4. The Morgan fingerprint density at radius 1 is 1.67 bits per heavy atom. The van der Waals surface area contributed by atoms with Crippen molar-refractivity contribution in [3.63, 3.8) is 0 Å². The first-order valence-electron chi connectivity index (χ1n) is 5.17. The van der Waals surface area contributed by atoms with E-state index < -0.39 is 0 Å². The number of hydrogen-bond donors (Lipinski definition) is 1. The second-order valence-electron chi connectivity index (χ2n) is 3.77. The molecule has 1 aromatic rings. The molecule has 1 atom stereocenters. The zero-order valence-electron chi connectivity index (χ0n) is 8.89. The van der Waals surface area contributed by atoms with Crippen molar-refractivity contribution in [3.05, 3.63) is 23.9 Å². The van der Waals surface area contributed by atoms with Crippen LogP contribution < -0.4 is 4.90 Å². The minimum Gasteiger partial charge on any atom is -0.392 e. The number of pyridine rings is 1. The number of ether oxygens (including phenoxy) is 1. The van der Waals surface area contributed by atoms with Gasteiger partial charge in [-0.1, -0.05) is 0 Å². The van der Waals surface area contributed by atoms with Gasteiger partial charge in [0.1, 0.15) is 5.82 Å². The van der Waals surface area contributed by atoms with Gasteiger partial charge in [0.05, 0.1) is 12.7 Å². The highest BCUT2D eigenvalue weighted by Crippen LogP contribution is 2.20. The maximum atomic E-state index is 9.03. The molecule has 1 aliphatic heterocycles. The Balaban J connectivity index is 2.09. The zero-order valence-corrected chi connectivity index (χ0v) is 8.89. The van der Waals surface area contributed by atoms with Gasteiger partial charge >= 0.3 is 0 Å². The van der Waals surface area contributed by atoms with E-state index in [1.807, 2.05) is 12.1 Å². The normalized spacial score (nSPS) is 20.9. The third kappa shape index (κ3) is 2.27. The summed E-state index contributed by atoms with van der Waals surface area (Å²) in [5.74, 6) is 0.932. The van der Waals surface area contributed by atoms with Gasteiger partial charge < -0.3 is 14.7 Å². The first-order valence-corrected chi connectivity index (χ1v) is 5.17. The summed E-state index contributed by atoms with van der Waals surface area (Å²) >= 11 is 0. The fourth-order valence-corrected chi connectivity index (χ4v) is 1.86. The van der Waals surface area contributed by atoms with E-state index in [1.165, 1.54) is 0 Å². The molecular weight excluding hydrogens is 192 g/mol. The molecule has 4 nitrogen and oxygen atoms in total. The molecule has 82 valence electrons. The third-order valence-electron chi connectivity index (χ3n) is 2.79. The van der Waals surface area contributed by atoms with Gasteiger partial charge in [-0.15, -0.1) is 0 Å². The van der Waals surface area contributed by atoms with E-state index in [2.05, 4.69) is 9.88 Å². The number of aliphatic hydroxyl groups is 1. The second kappa shape index (κ2) is 4.59. The molecule has 1 saturated heterocycles. The molecule has 0 aliphatic carbocycles. The number of nitrogens with zero attached hydrogens (tertiary/aromatic N) is 2. The molecule has 0 saturated carbocycles. The lowest BCUT2D eigenvalue weighted by Crippen LogP contribution is -2.23. The number of aliphatic hydroxyl groups excluding tert-OH is 1. The van der Waals surface area contributed by atoms with Gasteiger partial charge in [0.15, 0.2) is 0 Å². The average molecular weight is 208 g/mol. The van der Waals surface area contributed by atoms with Gasteiger partial charge in [0, 0.05) is 26.4 Å². The highest BCUT2D eigenvalue weighted by Gasteiger charge is 2.22. The average Bonchev–Trinajstić information content (AvgIpc) is 2.78. The fourth-order valence-electron chi connectivity index (χ4n) is 1.86. The third-order valence-corrected chi connectivity index (χ3v) is 2.79. The van der Waals surface area contributed by atoms with Crippen LogP contribution in [0.5, 0.6) is 0 Å². The second-order valence-corrected chi connectivity index (χ2v) is 3.77. The molecule has 0 spiro atoms. The van der Waals surface area contributed by atoms with Crippen LogP contribution in [0.3, 0.4) is 0 Å². The van der Waals surface area contributed by atoms with E-state index in [0.717, 1.165) is 30.9 Å². The monoisotopic (exact) mass is 208 g/mol. The molecule has 1 unspecified atom stereocenters. The van der Waals surface area contributed by atoms with Crippen molar-refractivity contribution in [2.75, 3.05) is 25.1 Å². The Bertz CT molecular complexity index is 330. The summed E-state index contributed by atoms with van der Waals surface area (Å²) in [5.41, 5.74) is 0.904. The van der Waals surface area contributed by atoms with E-state index in [-0.39, 0.29) is 6.61 Å². The first-order chi connectivity index (χ1) is 7.33. The van der Waals surface area contributed by atoms with Crippen molar-refractivity contribution >= 4 is 5.82 Å². The van der Waals surface area contributed by atoms with Crippen molar-refractivity contribution in [2.45, 2.75) is 19.1 Å². The maximum Gasteiger partial charge on any atom is 0.128 e.